The van der Waals surface area contributed by atoms with Crippen molar-refractivity contribution < 1.29 is 8.78 Å². The van der Waals surface area contributed by atoms with Crippen molar-refractivity contribution in [3.63, 3.8) is 0 Å². The van der Waals surface area contributed by atoms with Gasteiger partial charge in [-0.05, 0) is 52.8 Å². The van der Waals surface area contributed by atoms with Crippen LogP contribution >= 0.6 is 27.3 Å². The first-order valence-corrected chi connectivity index (χ1v) is 8.14. The van der Waals surface area contributed by atoms with E-state index in [1.54, 1.807) is 19.1 Å². The number of thiophene rings is 1. The van der Waals surface area contributed by atoms with Crippen LogP contribution in [0, 0.1) is 18.6 Å². The van der Waals surface area contributed by atoms with Crippen LogP contribution in [-0.2, 0) is 0 Å². The Morgan fingerprint density at radius 2 is 2.00 bits per heavy atom. The van der Waals surface area contributed by atoms with E-state index >= 15 is 0 Å². The second-order valence-corrected chi connectivity index (χ2v) is 6.42. The van der Waals surface area contributed by atoms with Crippen LogP contribution in [0.4, 0.5) is 8.78 Å². The Hall–Kier alpha value is -0.780. The monoisotopic (exact) mass is 359 g/mol. The van der Waals surface area contributed by atoms with E-state index in [1.165, 1.54) is 11.3 Å². The largest absolute Gasteiger partial charge is 0.305 e. The highest BCUT2D eigenvalue weighted by Gasteiger charge is 2.23. The van der Waals surface area contributed by atoms with E-state index in [0.717, 1.165) is 22.3 Å². The maximum Gasteiger partial charge on any atom is 0.164 e. The molecule has 2 rings (SSSR count). The smallest absolute Gasteiger partial charge is 0.164 e. The van der Waals surface area contributed by atoms with E-state index in [-0.39, 0.29) is 6.04 Å². The van der Waals surface area contributed by atoms with Crippen LogP contribution in [0.2, 0.25) is 0 Å². The van der Waals surface area contributed by atoms with Gasteiger partial charge < -0.3 is 5.32 Å². The summed E-state index contributed by atoms with van der Waals surface area (Å²) in [5.74, 6) is -1.53. The molecule has 0 aliphatic carbocycles. The molecule has 108 valence electrons. The fraction of sp³-hybridized carbons (Fsp3) is 0.333. The lowest BCUT2D eigenvalue weighted by Crippen LogP contribution is -2.24. The quantitative estimate of drug-likeness (QED) is 0.774. The van der Waals surface area contributed by atoms with Crippen LogP contribution in [0.5, 0.6) is 0 Å². The Morgan fingerprint density at radius 3 is 2.60 bits per heavy atom. The van der Waals surface area contributed by atoms with Gasteiger partial charge in [-0.25, -0.2) is 8.78 Å². The maximum absolute atomic E-state index is 14.2. The third kappa shape index (κ3) is 3.10. The van der Waals surface area contributed by atoms with Crippen molar-refractivity contribution in [2.45, 2.75) is 26.3 Å². The highest BCUT2D eigenvalue weighted by molar-refractivity contribution is 9.10. The lowest BCUT2D eigenvalue weighted by atomic mass is 10.0. The molecule has 1 unspecified atom stereocenters. The number of rotatable bonds is 5. The normalized spacial score (nSPS) is 12.7. The first kappa shape index (κ1) is 15.6. The minimum Gasteiger partial charge on any atom is -0.305 e. The molecule has 0 amide bonds. The van der Waals surface area contributed by atoms with Crippen LogP contribution in [-0.4, -0.2) is 6.54 Å². The van der Waals surface area contributed by atoms with Gasteiger partial charge in [-0.2, -0.15) is 0 Å². The Labute approximate surface area is 130 Å². The molecular weight excluding hydrogens is 344 g/mol. The van der Waals surface area contributed by atoms with Crippen LogP contribution < -0.4 is 5.32 Å². The summed E-state index contributed by atoms with van der Waals surface area (Å²) < 4.78 is 29.0. The lowest BCUT2D eigenvalue weighted by molar-refractivity contribution is 0.477. The molecular formula is C15H16BrF2NS. The SMILES string of the molecule is CCCNC(c1ccc(C)c(F)c1F)c1sccc1Br. The van der Waals surface area contributed by atoms with Gasteiger partial charge >= 0.3 is 0 Å². The summed E-state index contributed by atoms with van der Waals surface area (Å²) in [6.07, 6.45) is 0.926. The van der Waals surface area contributed by atoms with Crippen molar-refractivity contribution in [3.05, 3.63) is 55.7 Å². The molecule has 1 N–H and O–H groups in total. The fourth-order valence-corrected chi connectivity index (χ4v) is 3.72. The van der Waals surface area contributed by atoms with Crippen LogP contribution in [0.15, 0.2) is 28.1 Å². The Morgan fingerprint density at radius 1 is 1.25 bits per heavy atom. The van der Waals surface area contributed by atoms with Crippen LogP contribution in [0.25, 0.3) is 0 Å². The first-order valence-electron chi connectivity index (χ1n) is 6.47. The average Bonchev–Trinajstić information content (AvgIpc) is 2.85. The van der Waals surface area contributed by atoms with Gasteiger partial charge in [0.1, 0.15) is 0 Å². The Bertz CT molecular complexity index is 598. The molecule has 2 aromatic rings. The van der Waals surface area contributed by atoms with E-state index in [0.29, 0.717) is 11.1 Å². The fourth-order valence-electron chi connectivity index (χ4n) is 2.03. The Balaban J connectivity index is 2.47. The van der Waals surface area contributed by atoms with Crippen molar-refractivity contribution in [1.29, 1.82) is 0 Å². The summed E-state index contributed by atoms with van der Waals surface area (Å²) >= 11 is 4.99. The molecule has 5 heteroatoms. The summed E-state index contributed by atoms with van der Waals surface area (Å²) in [5, 5.41) is 5.22. The standard InChI is InChI=1S/C15H16BrF2NS/c1-3-7-19-14(15-11(16)6-8-20-15)10-5-4-9(2)12(17)13(10)18/h4-6,8,14,19H,3,7H2,1-2H3. The van der Waals surface area contributed by atoms with Crippen LogP contribution in [0.3, 0.4) is 0 Å². The van der Waals surface area contributed by atoms with Crippen molar-refractivity contribution in [3.8, 4) is 0 Å². The summed E-state index contributed by atoms with van der Waals surface area (Å²) in [6, 6.07) is 4.87. The van der Waals surface area contributed by atoms with E-state index in [2.05, 4.69) is 21.2 Å². The highest BCUT2D eigenvalue weighted by atomic mass is 79.9. The molecule has 0 aliphatic rings. The van der Waals surface area contributed by atoms with Gasteiger partial charge in [-0.1, -0.05) is 19.1 Å². The van der Waals surface area contributed by atoms with Gasteiger partial charge in [0.15, 0.2) is 11.6 Å². The lowest BCUT2D eigenvalue weighted by Gasteiger charge is -2.20. The van der Waals surface area contributed by atoms with Crippen molar-refractivity contribution in [2.75, 3.05) is 6.54 Å². The molecule has 1 aromatic carbocycles. The predicted molar refractivity (Wildman–Crippen MR) is 83.3 cm³/mol. The molecule has 0 saturated carbocycles. The van der Waals surface area contributed by atoms with Crippen LogP contribution in [0.1, 0.15) is 35.4 Å². The summed E-state index contributed by atoms with van der Waals surface area (Å²) in [6.45, 7) is 4.35. The highest BCUT2D eigenvalue weighted by Crippen LogP contribution is 2.35. The van der Waals surface area contributed by atoms with E-state index in [4.69, 9.17) is 0 Å². The number of aryl methyl sites for hydroxylation is 1. The zero-order chi connectivity index (χ0) is 14.7. The molecule has 0 radical (unpaired) electrons. The molecule has 1 heterocycles. The second kappa shape index (κ2) is 6.78. The minimum atomic E-state index is -0.765. The zero-order valence-corrected chi connectivity index (χ0v) is 13.7. The molecule has 0 saturated heterocycles. The Kier molecular flexibility index (Phi) is 5.29. The van der Waals surface area contributed by atoms with E-state index in [1.807, 2.05) is 18.4 Å². The molecule has 1 nitrogen and oxygen atoms in total. The maximum atomic E-state index is 14.2. The topological polar surface area (TPSA) is 12.0 Å². The van der Waals surface area contributed by atoms with Crippen molar-refractivity contribution in [1.82, 2.24) is 5.32 Å². The van der Waals surface area contributed by atoms with Gasteiger partial charge in [0.05, 0.1) is 6.04 Å². The van der Waals surface area contributed by atoms with Crippen molar-refractivity contribution in [2.24, 2.45) is 0 Å². The molecule has 1 aromatic heterocycles. The summed E-state index contributed by atoms with van der Waals surface area (Å²) in [5.41, 5.74) is 0.676. The van der Waals surface area contributed by atoms with Gasteiger partial charge in [0.25, 0.3) is 0 Å². The molecule has 0 spiro atoms. The minimum absolute atomic E-state index is 0.325. The molecule has 1 atom stereocenters. The molecule has 20 heavy (non-hydrogen) atoms. The number of nitrogens with one attached hydrogen (secondary N) is 1. The first-order chi connectivity index (χ1) is 9.56. The van der Waals surface area contributed by atoms with E-state index < -0.39 is 11.6 Å². The number of hydrogen-bond donors (Lipinski definition) is 1. The van der Waals surface area contributed by atoms with Gasteiger partial charge in [0, 0.05) is 14.9 Å². The predicted octanol–water partition coefficient (Wildman–Crippen LogP) is 5.19. The van der Waals surface area contributed by atoms with Crippen molar-refractivity contribution >= 4 is 27.3 Å². The summed E-state index contributed by atoms with van der Waals surface area (Å²) in [7, 11) is 0. The summed E-state index contributed by atoms with van der Waals surface area (Å²) in [4.78, 5) is 0.959. The number of benzene rings is 1. The third-order valence-corrected chi connectivity index (χ3v) is 5.06. The zero-order valence-electron chi connectivity index (χ0n) is 11.3. The van der Waals surface area contributed by atoms with Gasteiger partial charge in [-0.15, -0.1) is 11.3 Å². The van der Waals surface area contributed by atoms with E-state index in [9.17, 15) is 8.78 Å². The van der Waals surface area contributed by atoms with Gasteiger partial charge in [-0.3, -0.25) is 0 Å². The number of halogens is 3. The number of hydrogen-bond acceptors (Lipinski definition) is 2. The molecule has 0 aliphatic heterocycles. The molecule has 0 fully saturated rings. The average molecular weight is 360 g/mol. The second-order valence-electron chi connectivity index (χ2n) is 4.62. The molecule has 0 bridgehead atoms. The third-order valence-electron chi connectivity index (χ3n) is 3.12. The van der Waals surface area contributed by atoms with Gasteiger partial charge in [0.2, 0.25) is 0 Å².